The monoisotopic (exact) mass is 528 g/mol. The van der Waals surface area contributed by atoms with E-state index in [1.54, 1.807) is 7.11 Å². The first kappa shape index (κ1) is 27.3. The third kappa shape index (κ3) is 7.42. The Morgan fingerprint density at radius 2 is 1.97 bits per heavy atom. The van der Waals surface area contributed by atoms with Crippen LogP contribution in [0.15, 0.2) is 53.6 Å². The van der Waals surface area contributed by atoms with E-state index < -0.39 is 17.6 Å². The maximum absolute atomic E-state index is 13.9. The summed E-state index contributed by atoms with van der Waals surface area (Å²) in [5.74, 6) is 0.362. The number of pyridine rings is 1. The molecule has 0 saturated carbocycles. The van der Waals surface area contributed by atoms with Crippen LogP contribution >= 0.6 is 11.8 Å². The Kier molecular flexibility index (Phi) is 9.75. The summed E-state index contributed by atoms with van der Waals surface area (Å²) >= 11 is 1.20. The van der Waals surface area contributed by atoms with Gasteiger partial charge in [-0.15, -0.1) is 11.8 Å². The summed E-state index contributed by atoms with van der Waals surface area (Å²) in [5.41, 5.74) is 2.21. The molecule has 2 atom stereocenters. The second-order valence-corrected chi connectivity index (χ2v) is 10.8. The van der Waals surface area contributed by atoms with Gasteiger partial charge in [0.25, 0.3) is 0 Å². The highest BCUT2D eigenvalue weighted by Gasteiger charge is 2.29. The Morgan fingerprint density at radius 3 is 2.73 bits per heavy atom. The summed E-state index contributed by atoms with van der Waals surface area (Å²) in [6.45, 7) is 2.47. The van der Waals surface area contributed by atoms with E-state index in [1.165, 1.54) is 35.5 Å². The molecule has 0 bridgehead atoms. The molecule has 4 rings (SSSR count). The van der Waals surface area contributed by atoms with Gasteiger partial charge in [-0.25, -0.2) is 8.78 Å². The molecule has 0 spiro atoms. The number of fused-ring (bicyclic) bond motifs is 1. The van der Waals surface area contributed by atoms with Crippen molar-refractivity contribution in [2.45, 2.75) is 43.4 Å². The second kappa shape index (κ2) is 13.2. The molecule has 0 amide bonds. The average molecular weight is 529 g/mol. The minimum Gasteiger partial charge on any atom is -0.497 e. The number of halogens is 2. The molecule has 37 heavy (non-hydrogen) atoms. The number of methoxy groups -OCH3 is 1. The van der Waals surface area contributed by atoms with Crippen molar-refractivity contribution in [3.63, 3.8) is 0 Å². The summed E-state index contributed by atoms with van der Waals surface area (Å²) in [4.78, 5) is 18.2. The Hall–Kier alpha value is -2.71. The van der Waals surface area contributed by atoms with Crippen molar-refractivity contribution < 1.29 is 23.4 Å². The number of aliphatic carboxylic acids is 1. The highest BCUT2D eigenvalue weighted by atomic mass is 32.2. The van der Waals surface area contributed by atoms with E-state index in [0.717, 1.165) is 62.0 Å². The molecule has 1 aliphatic heterocycles. The quantitative estimate of drug-likeness (QED) is 0.273. The zero-order chi connectivity index (χ0) is 26.2. The van der Waals surface area contributed by atoms with Crippen LogP contribution in [-0.4, -0.2) is 53.5 Å². The molecule has 8 heteroatoms. The van der Waals surface area contributed by atoms with Gasteiger partial charge in [-0.2, -0.15) is 0 Å². The van der Waals surface area contributed by atoms with Gasteiger partial charge in [0, 0.05) is 36.8 Å². The van der Waals surface area contributed by atoms with E-state index in [0.29, 0.717) is 24.0 Å². The molecule has 2 aromatic carbocycles. The van der Waals surface area contributed by atoms with E-state index in [9.17, 15) is 18.7 Å². The third-order valence-electron chi connectivity index (χ3n) is 7.34. The van der Waals surface area contributed by atoms with Gasteiger partial charge in [0.15, 0.2) is 0 Å². The molecule has 1 fully saturated rings. The molecule has 3 aromatic rings. The van der Waals surface area contributed by atoms with Gasteiger partial charge in [-0.1, -0.05) is 6.07 Å². The minimum absolute atomic E-state index is 0.0704. The Bertz CT molecular complexity index is 1190. The maximum atomic E-state index is 13.9. The first-order chi connectivity index (χ1) is 17.9. The summed E-state index contributed by atoms with van der Waals surface area (Å²) in [6.07, 6.45) is 6.67. The van der Waals surface area contributed by atoms with E-state index in [2.05, 4.69) is 16.0 Å². The standard InChI is InChI=1S/C29H34F2N2O3S/c1-36-23-9-10-27-24(18-23)21(12-14-32-27)5-2-4-20-13-15-33(19-22(20)8-11-28(34)35)16-17-37-29-25(30)6-3-7-26(29)31/h3,6-7,9-10,12,14,18,20,22H,2,4-5,8,11,13,15-17,19H2,1H3,(H,34,35)/t20-,22+/m1/s1. The number of carboxylic acids is 1. The van der Waals surface area contributed by atoms with Crippen LogP contribution in [-0.2, 0) is 11.2 Å². The molecular weight excluding hydrogens is 494 g/mol. The molecule has 1 aromatic heterocycles. The van der Waals surface area contributed by atoms with Gasteiger partial charge in [-0.3, -0.25) is 9.78 Å². The Balaban J connectivity index is 1.32. The maximum Gasteiger partial charge on any atom is 0.303 e. The zero-order valence-electron chi connectivity index (χ0n) is 21.2. The van der Waals surface area contributed by atoms with E-state index in [-0.39, 0.29) is 11.3 Å². The van der Waals surface area contributed by atoms with Crippen LogP contribution in [0.5, 0.6) is 5.75 Å². The third-order valence-corrected chi connectivity index (χ3v) is 8.40. The summed E-state index contributed by atoms with van der Waals surface area (Å²) in [5, 5.41) is 10.4. The fraction of sp³-hybridized carbons (Fsp3) is 0.448. The number of thioether (sulfide) groups is 1. The lowest BCUT2D eigenvalue weighted by Crippen LogP contribution is -2.41. The smallest absolute Gasteiger partial charge is 0.303 e. The Morgan fingerprint density at radius 1 is 1.16 bits per heavy atom. The summed E-state index contributed by atoms with van der Waals surface area (Å²) < 4.78 is 33.3. The number of rotatable bonds is 12. The van der Waals surface area contributed by atoms with Crippen LogP contribution in [0.25, 0.3) is 10.9 Å². The molecule has 5 nitrogen and oxygen atoms in total. The molecule has 1 saturated heterocycles. The predicted octanol–water partition coefficient (Wildman–Crippen LogP) is 6.44. The number of likely N-dealkylation sites (tertiary alicyclic amines) is 1. The van der Waals surface area contributed by atoms with Crippen molar-refractivity contribution >= 4 is 28.6 Å². The molecule has 0 aliphatic carbocycles. The highest BCUT2D eigenvalue weighted by molar-refractivity contribution is 7.99. The van der Waals surface area contributed by atoms with Crippen molar-refractivity contribution in [3.05, 3.63) is 65.9 Å². The molecule has 0 unspecified atom stereocenters. The number of nitrogens with zero attached hydrogens (tertiary/aromatic N) is 2. The predicted molar refractivity (Wildman–Crippen MR) is 143 cm³/mol. The fourth-order valence-corrected chi connectivity index (χ4v) is 6.32. The summed E-state index contributed by atoms with van der Waals surface area (Å²) in [7, 11) is 1.66. The van der Waals surface area contributed by atoms with Crippen LogP contribution < -0.4 is 4.74 Å². The van der Waals surface area contributed by atoms with Gasteiger partial charge in [0.1, 0.15) is 17.4 Å². The van der Waals surface area contributed by atoms with E-state index in [4.69, 9.17) is 4.74 Å². The van der Waals surface area contributed by atoms with Gasteiger partial charge >= 0.3 is 5.97 Å². The minimum atomic E-state index is -0.765. The number of aromatic nitrogens is 1. The van der Waals surface area contributed by atoms with Crippen LogP contribution in [0.2, 0.25) is 0 Å². The van der Waals surface area contributed by atoms with Crippen LogP contribution in [0.3, 0.4) is 0 Å². The van der Waals surface area contributed by atoms with Crippen LogP contribution in [0.4, 0.5) is 8.78 Å². The van der Waals surface area contributed by atoms with Crippen molar-refractivity contribution in [2.24, 2.45) is 11.8 Å². The fourth-order valence-electron chi connectivity index (χ4n) is 5.35. The first-order valence-corrected chi connectivity index (χ1v) is 13.9. The molecule has 198 valence electrons. The van der Waals surface area contributed by atoms with Crippen LogP contribution in [0.1, 0.15) is 37.7 Å². The van der Waals surface area contributed by atoms with E-state index >= 15 is 0 Å². The number of carboxylic acid groups (broad SMARTS) is 1. The second-order valence-electron chi connectivity index (χ2n) is 9.69. The van der Waals surface area contributed by atoms with Gasteiger partial charge in [0.2, 0.25) is 0 Å². The van der Waals surface area contributed by atoms with Gasteiger partial charge in [-0.05, 0) is 92.4 Å². The Labute approximate surface area is 221 Å². The normalized spacial score (nSPS) is 18.2. The number of hydrogen-bond acceptors (Lipinski definition) is 5. The molecule has 1 aliphatic rings. The van der Waals surface area contributed by atoms with Crippen molar-refractivity contribution in [3.8, 4) is 5.75 Å². The number of aryl methyl sites for hydroxylation is 1. The topological polar surface area (TPSA) is 62.7 Å². The average Bonchev–Trinajstić information content (AvgIpc) is 2.89. The van der Waals surface area contributed by atoms with Gasteiger partial charge in [0.05, 0.1) is 17.5 Å². The molecule has 0 radical (unpaired) electrons. The van der Waals surface area contributed by atoms with Crippen molar-refractivity contribution in [1.29, 1.82) is 0 Å². The van der Waals surface area contributed by atoms with Crippen molar-refractivity contribution in [2.75, 3.05) is 32.5 Å². The lowest BCUT2D eigenvalue weighted by Gasteiger charge is -2.39. The van der Waals surface area contributed by atoms with E-state index in [1.807, 2.05) is 24.4 Å². The lowest BCUT2D eigenvalue weighted by atomic mass is 9.79. The molecular formula is C29H34F2N2O3S. The zero-order valence-corrected chi connectivity index (χ0v) is 22.0. The first-order valence-electron chi connectivity index (χ1n) is 12.9. The number of piperidine rings is 1. The number of benzene rings is 2. The highest BCUT2D eigenvalue weighted by Crippen LogP contribution is 2.33. The SMILES string of the molecule is COc1ccc2nccc(CCC[C@@H]3CCN(CCSc4c(F)cccc4F)C[C@@H]3CCC(=O)O)c2c1. The van der Waals surface area contributed by atoms with Crippen molar-refractivity contribution in [1.82, 2.24) is 9.88 Å². The molecule has 2 heterocycles. The van der Waals surface area contributed by atoms with Gasteiger partial charge < -0.3 is 14.7 Å². The largest absolute Gasteiger partial charge is 0.497 e. The van der Waals surface area contributed by atoms with Crippen LogP contribution in [0, 0.1) is 23.5 Å². The lowest BCUT2D eigenvalue weighted by molar-refractivity contribution is -0.137. The number of hydrogen-bond donors (Lipinski definition) is 1. The summed E-state index contributed by atoms with van der Waals surface area (Å²) in [6, 6.07) is 12.0. The number of ether oxygens (including phenoxy) is 1. The number of carbonyl (C=O) groups is 1. The molecule has 1 N–H and O–H groups in total.